The quantitative estimate of drug-likeness (QED) is 0.681. The predicted octanol–water partition coefficient (Wildman–Crippen LogP) is 2.02. The Kier molecular flexibility index (Phi) is 3.10. The van der Waals surface area contributed by atoms with E-state index in [1.807, 2.05) is 6.92 Å². The van der Waals surface area contributed by atoms with Gasteiger partial charge in [-0.2, -0.15) is 0 Å². The van der Waals surface area contributed by atoms with E-state index in [2.05, 4.69) is 11.2 Å². The summed E-state index contributed by atoms with van der Waals surface area (Å²) in [6, 6.07) is 7.18. The van der Waals surface area contributed by atoms with E-state index < -0.39 is 0 Å². The smallest absolute Gasteiger partial charge is 0.224 e. The van der Waals surface area contributed by atoms with Crippen LogP contribution in [-0.4, -0.2) is 5.91 Å². The summed E-state index contributed by atoms with van der Waals surface area (Å²) < 4.78 is 0. The highest BCUT2D eigenvalue weighted by molar-refractivity contribution is 5.90. The summed E-state index contributed by atoms with van der Waals surface area (Å²) in [7, 11) is 0. The lowest BCUT2D eigenvalue weighted by Gasteiger charge is -2.02. The zero-order valence-corrected chi connectivity index (χ0v) is 7.50. The van der Waals surface area contributed by atoms with Gasteiger partial charge in [-0.3, -0.25) is 4.79 Å². The summed E-state index contributed by atoms with van der Waals surface area (Å²) in [5.74, 6) is 2.52. The number of carbonyl (C=O) groups excluding carboxylic acids is 1. The molecule has 0 saturated carbocycles. The van der Waals surface area contributed by atoms with Gasteiger partial charge in [0.1, 0.15) is 0 Å². The summed E-state index contributed by atoms with van der Waals surface area (Å²) in [6.45, 7) is 1.81. The molecule has 1 aromatic carbocycles. The van der Waals surface area contributed by atoms with Crippen LogP contribution in [0.3, 0.4) is 0 Å². The van der Waals surface area contributed by atoms with Crippen LogP contribution in [0.4, 0.5) is 5.69 Å². The lowest BCUT2D eigenvalue weighted by Crippen LogP contribution is -2.08. The Bertz CT molecular complexity index is 332. The van der Waals surface area contributed by atoms with Crippen molar-refractivity contribution in [1.29, 1.82) is 0 Å². The first-order valence-corrected chi connectivity index (χ1v) is 4.12. The molecule has 1 aromatic rings. The average molecular weight is 173 g/mol. The van der Waals surface area contributed by atoms with Crippen molar-refractivity contribution in [2.45, 2.75) is 13.3 Å². The van der Waals surface area contributed by atoms with Crippen LogP contribution in [0, 0.1) is 12.3 Å². The van der Waals surface area contributed by atoms with Gasteiger partial charge in [0, 0.05) is 17.7 Å². The first kappa shape index (κ1) is 9.34. The number of rotatable bonds is 2. The molecule has 0 bridgehead atoms. The fourth-order valence-electron chi connectivity index (χ4n) is 0.899. The highest BCUT2D eigenvalue weighted by atomic mass is 16.1. The molecular weight excluding hydrogens is 162 g/mol. The number of anilines is 1. The molecule has 1 amide bonds. The predicted molar refractivity (Wildman–Crippen MR) is 53.3 cm³/mol. The van der Waals surface area contributed by atoms with Gasteiger partial charge in [0.15, 0.2) is 0 Å². The third-order valence-electron chi connectivity index (χ3n) is 1.66. The van der Waals surface area contributed by atoms with Gasteiger partial charge in [-0.1, -0.05) is 12.8 Å². The highest BCUT2D eigenvalue weighted by Crippen LogP contribution is 2.08. The SMILES string of the molecule is C#Cc1ccc(NC(=O)CC)cc1. The molecule has 0 spiro atoms. The van der Waals surface area contributed by atoms with E-state index in [1.54, 1.807) is 24.3 Å². The topological polar surface area (TPSA) is 29.1 Å². The van der Waals surface area contributed by atoms with Gasteiger partial charge in [0.25, 0.3) is 0 Å². The summed E-state index contributed by atoms with van der Waals surface area (Å²) >= 11 is 0. The Hall–Kier alpha value is -1.75. The number of nitrogens with one attached hydrogen (secondary N) is 1. The van der Waals surface area contributed by atoms with Crippen LogP contribution >= 0.6 is 0 Å². The minimum Gasteiger partial charge on any atom is -0.326 e. The van der Waals surface area contributed by atoms with E-state index in [-0.39, 0.29) is 5.91 Å². The lowest BCUT2D eigenvalue weighted by molar-refractivity contribution is -0.115. The van der Waals surface area contributed by atoms with Gasteiger partial charge in [-0.05, 0) is 24.3 Å². The van der Waals surface area contributed by atoms with Crippen LogP contribution in [0.2, 0.25) is 0 Å². The van der Waals surface area contributed by atoms with Gasteiger partial charge in [-0.15, -0.1) is 6.42 Å². The Morgan fingerprint density at radius 1 is 1.46 bits per heavy atom. The van der Waals surface area contributed by atoms with E-state index in [1.165, 1.54) is 0 Å². The first-order valence-electron chi connectivity index (χ1n) is 4.12. The van der Waals surface area contributed by atoms with Crippen LogP contribution in [-0.2, 0) is 4.79 Å². The third-order valence-corrected chi connectivity index (χ3v) is 1.66. The normalized spacial score (nSPS) is 8.92. The monoisotopic (exact) mass is 173 g/mol. The van der Waals surface area contributed by atoms with Crippen LogP contribution in [0.25, 0.3) is 0 Å². The number of hydrogen-bond donors (Lipinski definition) is 1. The fourth-order valence-corrected chi connectivity index (χ4v) is 0.899. The van der Waals surface area contributed by atoms with Gasteiger partial charge in [0.05, 0.1) is 0 Å². The van der Waals surface area contributed by atoms with Crippen LogP contribution in [0.15, 0.2) is 24.3 Å². The molecule has 66 valence electrons. The van der Waals surface area contributed by atoms with Crippen molar-refractivity contribution in [3.63, 3.8) is 0 Å². The van der Waals surface area contributed by atoms with Crippen molar-refractivity contribution in [3.05, 3.63) is 29.8 Å². The molecular formula is C11H11NO. The molecule has 0 saturated heterocycles. The second-order valence-electron chi connectivity index (χ2n) is 2.62. The average Bonchev–Trinajstić information content (AvgIpc) is 2.19. The minimum atomic E-state index is 0.00783. The zero-order chi connectivity index (χ0) is 9.68. The standard InChI is InChI=1S/C11H11NO/c1-3-9-5-7-10(8-6-9)12-11(13)4-2/h1,5-8H,4H2,2H3,(H,12,13). The van der Waals surface area contributed by atoms with Crippen LogP contribution < -0.4 is 5.32 Å². The van der Waals surface area contributed by atoms with Crippen molar-refractivity contribution in [1.82, 2.24) is 0 Å². The molecule has 0 heterocycles. The van der Waals surface area contributed by atoms with Crippen molar-refractivity contribution >= 4 is 11.6 Å². The van der Waals surface area contributed by atoms with E-state index in [4.69, 9.17) is 6.42 Å². The third kappa shape index (κ3) is 2.64. The van der Waals surface area contributed by atoms with E-state index in [0.717, 1.165) is 11.3 Å². The maximum absolute atomic E-state index is 11.0. The maximum atomic E-state index is 11.0. The second-order valence-corrected chi connectivity index (χ2v) is 2.62. The molecule has 0 radical (unpaired) electrons. The van der Waals surface area contributed by atoms with Gasteiger partial charge in [0.2, 0.25) is 5.91 Å². The van der Waals surface area contributed by atoms with Crippen molar-refractivity contribution < 1.29 is 4.79 Å². The van der Waals surface area contributed by atoms with Crippen molar-refractivity contribution in [3.8, 4) is 12.3 Å². The summed E-state index contributed by atoms with van der Waals surface area (Å²) in [6.07, 6.45) is 5.67. The molecule has 13 heavy (non-hydrogen) atoms. The number of terminal acetylenes is 1. The Balaban J connectivity index is 2.71. The lowest BCUT2D eigenvalue weighted by atomic mass is 10.2. The Morgan fingerprint density at radius 2 is 2.08 bits per heavy atom. The van der Waals surface area contributed by atoms with E-state index in [0.29, 0.717) is 6.42 Å². The molecule has 0 unspecified atom stereocenters. The first-order chi connectivity index (χ1) is 6.26. The fraction of sp³-hybridized carbons (Fsp3) is 0.182. The molecule has 0 fully saturated rings. The zero-order valence-electron chi connectivity index (χ0n) is 7.50. The molecule has 0 aliphatic carbocycles. The van der Waals surface area contributed by atoms with E-state index in [9.17, 15) is 4.79 Å². The van der Waals surface area contributed by atoms with E-state index >= 15 is 0 Å². The molecule has 0 atom stereocenters. The minimum absolute atomic E-state index is 0.00783. The molecule has 2 nitrogen and oxygen atoms in total. The molecule has 0 aromatic heterocycles. The van der Waals surface area contributed by atoms with Crippen molar-refractivity contribution in [2.24, 2.45) is 0 Å². The second kappa shape index (κ2) is 4.32. The van der Waals surface area contributed by atoms with Crippen LogP contribution in [0.5, 0.6) is 0 Å². The maximum Gasteiger partial charge on any atom is 0.224 e. The number of carbonyl (C=O) groups is 1. The molecule has 0 aliphatic heterocycles. The summed E-state index contributed by atoms with van der Waals surface area (Å²) in [4.78, 5) is 11.0. The molecule has 1 N–H and O–H groups in total. The Morgan fingerprint density at radius 3 is 2.54 bits per heavy atom. The van der Waals surface area contributed by atoms with Gasteiger partial charge in [-0.25, -0.2) is 0 Å². The molecule has 0 aliphatic rings. The molecule has 1 rings (SSSR count). The number of amides is 1. The van der Waals surface area contributed by atoms with Crippen molar-refractivity contribution in [2.75, 3.05) is 5.32 Å². The molecule has 2 heteroatoms. The highest BCUT2D eigenvalue weighted by Gasteiger charge is 1.97. The number of hydrogen-bond acceptors (Lipinski definition) is 1. The summed E-state index contributed by atoms with van der Waals surface area (Å²) in [5, 5.41) is 2.74. The summed E-state index contributed by atoms with van der Waals surface area (Å²) in [5.41, 5.74) is 1.60. The largest absolute Gasteiger partial charge is 0.326 e. The number of benzene rings is 1. The van der Waals surface area contributed by atoms with Gasteiger partial charge >= 0.3 is 0 Å². The Labute approximate surface area is 78.0 Å². The van der Waals surface area contributed by atoms with Crippen LogP contribution in [0.1, 0.15) is 18.9 Å². The van der Waals surface area contributed by atoms with Gasteiger partial charge < -0.3 is 5.32 Å².